The van der Waals surface area contributed by atoms with Crippen molar-refractivity contribution in [1.82, 2.24) is 59.4 Å². The van der Waals surface area contributed by atoms with Gasteiger partial charge in [0.2, 0.25) is 0 Å². The molecule has 4 atom stereocenters. The Morgan fingerprint density at radius 1 is 0.556 bits per heavy atom. The number of para-hydroxylation sites is 2. The minimum Gasteiger partial charge on any atom is -0.495 e. The molecule has 24 heteroatoms. The number of aryl methyl sites for hydroxylation is 4. The van der Waals surface area contributed by atoms with Crippen molar-refractivity contribution < 1.29 is 45.3 Å². The molecule has 8 aromatic rings. The molecule has 20 nitrogen and oxygen atoms in total. The molecule has 0 saturated carbocycles. The highest BCUT2D eigenvalue weighted by molar-refractivity contribution is 7.91. The van der Waals surface area contributed by atoms with Crippen molar-refractivity contribution in [2.24, 2.45) is 0 Å². The van der Waals surface area contributed by atoms with Crippen molar-refractivity contribution in [3.8, 4) is 45.6 Å². The number of benzene rings is 2. The zero-order valence-corrected chi connectivity index (χ0v) is 41.9. The number of sulfone groups is 2. The highest BCUT2D eigenvalue weighted by atomic mass is 32.2. The lowest BCUT2D eigenvalue weighted by atomic mass is 10.1. The van der Waals surface area contributed by atoms with Gasteiger partial charge in [-0.2, -0.15) is 0 Å². The summed E-state index contributed by atoms with van der Waals surface area (Å²) in [6.07, 6.45) is 6.98. The van der Waals surface area contributed by atoms with Gasteiger partial charge in [-0.1, -0.05) is 24.3 Å². The summed E-state index contributed by atoms with van der Waals surface area (Å²) in [5, 5.41) is 35.7. The van der Waals surface area contributed by atoms with Crippen molar-refractivity contribution in [2.75, 3.05) is 14.2 Å². The van der Waals surface area contributed by atoms with Crippen molar-refractivity contribution in [3.05, 3.63) is 155 Å². The third-order valence-corrected chi connectivity index (χ3v) is 15.6. The first-order valence-corrected chi connectivity index (χ1v) is 25.4. The molecule has 2 aromatic carbocycles. The van der Waals surface area contributed by atoms with Gasteiger partial charge in [0.15, 0.2) is 66.3 Å². The lowest BCUT2D eigenvalue weighted by molar-refractivity contribution is 0.165. The van der Waals surface area contributed by atoms with Gasteiger partial charge in [-0.25, -0.2) is 45.6 Å². The molecule has 0 fully saturated rings. The Bertz CT molecular complexity index is 3210. The Labute approximate surface area is 413 Å². The minimum absolute atomic E-state index is 0.123. The van der Waals surface area contributed by atoms with E-state index in [9.17, 15) is 35.8 Å². The highest BCUT2D eigenvalue weighted by Gasteiger charge is 2.36. The average molecular weight is 1030 g/mol. The predicted molar refractivity (Wildman–Crippen MR) is 259 cm³/mol. The van der Waals surface area contributed by atoms with Crippen LogP contribution in [0, 0.1) is 39.3 Å². The van der Waals surface area contributed by atoms with Crippen molar-refractivity contribution in [1.29, 1.82) is 0 Å². The highest BCUT2D eigenvalue weighted by Crippen LogP contribution is 2.35. The molecule has 6 aromatic heterocycles. The molecule has 0 unspecified atom stereocenters. The van der Waals surface area contributed by atoms with Crippen LogP contribution in [-0.2, 0) is 31.2 Å². The van der Waals surface area contributed by atoms with Gasteiger partial charge in [-0.3, -0.25) is 19.1 Å². The van der Waals surface area contributed by atoms with Crippen LogP contribution in [0.2, 0.25) is 0 Å². The number of aromatic nitrogens is 12. The summed E-state index contributed by atoms with van der Waals surface area (Å²) in [6.45, 7) is 10.2. The number of rotatable bonds is 16. The second-order valence-corrected chi connectivity index (χ2v) is 21.5. The van der Waals surface area contributed by atoms with Gasteiger partial charge < -0.3 is 19.7 Å². The minimum atomic E-state index is -4.01. The standard InChI is InChI=1S/2C24H25FN6O4S/c2*1-14-8-17(10-26-9-14)24-30-29-20(31(24)21-15(2)6-5-7-19(21)35-4)13-36(33,34)16(3)22(32)23-27-11-18(25)12-28-23/h2*5-12,16,22,32H,13H2,1-4H3/t2*16-,22+/m10/s1. The van der Waals surface area contributed by atoms with Crippen LogP contribution >= 0.6 is 0 Å². The zero-order chi connectivity index (χ0) is 52.1. The third kappa shape index (κ3) is 11.3. The number of aliphatic hydroxyl groups excluding tert-OH is 2. The van der Waals surface area contributed by atoms with Crippen molar-refractivity contribution in [2.45, 2.75) is 75.8 Å². The molecule has 6 heterocycles. The Morgan fingerprint density at radius 2 is 0.917 bits per heavy atom. The molecule has 0 spiro atoms. The molecule has 72 heavy (non-hydrogen) atoms. The second kappa shape index (κ2) is 21.8. The fourth-order valence-corrected chi connectivity index (χ4v) is 10.2. The topological polar surface area (TPSA) is 266 Å². The van der Waals surface area contributed by atoms with Gasteiger partial charge >= 0.3 is 0 Å². The number of nitrogens with zero attached hydrogens (tertiary/aromatic N) is 12. The Balaban J connectivity index is 0.000000211. The fourth-order valence-electron chi connectivity index (χ4n) is 7.57. The molecule has 8 rings (SSSR count). The van der Waals surface area contributed by atoms with E-state index >= 15 is 0 Å². The van der Waals surface area contributed by atoms with Gasteiger partial charge in [-0.15, -0.1) is 20.4 Å². The maximum atomic E-state index is 13.4. The maximum Gasteiger partial charge on any atom is 0.170 e. The normalized spacial score (nSPS) is 13.4. The first-order valence-electron chi connectivity index (χ1n) is 22.0. The lowest BCUT2D eigenvalue weighted by Gasteiger charge is -2.20. The summed E-state index contributed by atoms with van der Waals surface area (Å²) in [4.78, 5) is 23.3. The van der Waals surface area contributed by atoms with Gasteiger partial charge in [0.25, 0.3) is 0 Å². The summed E-state index contributed by atoms with van der Waals surface area (Å²) in [5.74, 6) is -0.839. The Kier molecular flexibility index (Phi) is 15.9. The van der Waals surface area contributed by atoms with Crippen molar-refractivity contribution >= 4 is 19.7 Å². The molecular formula is C48H50F2N12O8S2. The molecule has 0 bridgehead atoms. The summed E-state index contributed by atoms with van der Waals surface area (Å²) in [5.41, 5.74) is 5.86. The van der Waals surface area contributed by atoms with Crippen LogP contribution in [0.25, 0.3) is 34.2 Å². The Morgan fingerprint density at radius 3 is 1.25 bits per heavy atom. The van der Waals surface area contributed by atoms with Gasteiger partial charge in [-0.05, 0) is 88.1 Å². The van der Waals surface area contributed by atoms with E-state index in [0.717, 1.165) is 47.0 Å². The van der Waals surface area contributed by atoms with E-state index in [1.165, 1.54) is 28.1 Å². The van der Waals surface area contributed by atoms with Crippen LogP contribution in [0.4, 0.5) is 8.78 Å². The second-order valence-electron chi connectivity index (χ2n) is 16.7. The van der Waals surface area contributed by atoms with Gasteiger partial charge in [0.05, 0.1) is 60.9 Å². The first-order chi connectivity index (χ1) is 34.2. The summed E-state index contributed by atoms with van der Waals surface area (Å²) >= 11 is 0. The number of hydrogen-bond donors (Lipinski definition) is 2. The number of hydrogen-bond acceptors (Lipinski definition) is 18. The molecule has 0 aliphatic carbocycles. The predicted octanol–water partition coefficient (Wildman–Crippen LogP) is 5.84. The van der Waals surface area contributed by atoms with Crippen LogP contribution in [0.15, 0.2) is 98.1 Å². The average Bonchev–Trinajstić information content (AvgIpc) is 3.96. The maximum absolute atomic E-state index is 13.4. The van der Waals surface area contributed by atoms with E-state index in [1.807, 2.05) is 64.1 Å². The zero-order valence-electron chi connectivity index (χ0n) is 40.2. The van der Waals surface area contributed by atoms with Gasteiger partial charge in [0.1, 0.15) is 35.2 Å². The molecule has 0 saturated heterocycles. The third-order valence-electron chi connectivity index (χ3n) is 11.5. The van der Waals surface area contributed by atoms with Crippen LogP contribution in [0.1, 0.15) is 71.6 Å². The lowest BCUT2D eigenvalue weighted by Crippen LogP contribution is -2.29. The summed E-state index contributed by atoms with van der Waals surface area (Å²) < 4.78 is 94.3. The number of halogens is 2. The van der Waals surface area contributed by atoms with Crippen LogP contribution in [-0.4, -0.2) is 111 Å². The molecule has 376 valence electrons. The number of aliphatic hydroxyl groups is 2. The molecule has 0 aliphatic heterocycles. The first kappa shape index (κ1) is 52.3. The largest absolute Gasteiger partial charge is 0.495 e. The summed E-state index contributed by atoms with van der Waals surface area (Å²) in [7, 11) is -4.98. The van der Waals surface area contributed by atoms with Crippen molar-refractivity contribution in [3.63, 3.8) is 0 Å². The number of methoxy groups -OCH3 is 2. The number of pyridine rings is 2. The van der Waals surface area contributed by atoms with E-state index in [0.29, 0.717) is 45.6 Å². The summed E-state index contributed by atoms with van der Waals surface area (Å²) in [6, 6.07) is 14.7. The van der Waals surface area contributed by atoms with Crippen LogP contribution in [0.5, 0.6) is 11.5 Å². The molecule has 0 radical (unpaired) electrons. The van der Waals surface area contributed by atoms with E-state index in [1.54, 1.807) is 46.1 Å². The quantitative estimate of drug-likeness (QED) is 0.115. The molecule has 0 aliphatic rings. The SMILES string of the molecule is COc1cccc(C)c1-n1c(CS(=O)(=O)[C@@H](C)[C@@H](O)c2ncc(F)cn2)nnc1-c1cncc(C)c1.COc1cccc(C)c1-n1c(CS(=O)(=O)[C@H](C)[C@H](O)c2ncc(F)cn2)nnc1-c1cncc(C)c1. The van der Waals surface area contributed by atoms with Crippen LogP contribution in [0.3, 0.4) is 0 Å². The van der Waals surface area contributed by atoms with E-state index in [2.05, 4.69) is 50.3 Å². The smallest absolute Gasteiger partial charge is 0.170 e. The van der Waals surface area contributed by atoms with E-state index in [4.69, 9.17) is 9.47 Å². The number of ether oxygens (including phenoxy) is 2. The van der Waals surface area contributed by atoms with Crippen LogP contribution < -0.4 is 9.47 Å². The molecular weight excluding hydrogens is 975 g/mol. The molecule has 0 amide bonds. The fraction of sp³-hybridized carbons (Fsp3) is 0.292. The van der Waals surface area contributed by atoms with E-state index < -0.39 is 65.5 Å². The monoisotopic (exact) mass is 1020 g/mol. The molecule has 2 N–H and O–H groups in total. The Hall–Kier alpha value is -7.54. The van der Waals surface area contributed by atoms with Gasteiger partial charge in [0, 0.05) is 35.9 Å². The van der Waals surface area contributed by atoms with E-state index in [-0.39, 0.29) is 23.3 Å².